The van der Waals surface area contributed by atoms with Crippen molar-refractivity contribution < 1.29 is 4.79 Å². The van der Waals surface area contributed by atoms with Gasteiger partial charge in [0, 0.05) is 11.6 Å². The van der Waals surface area contributed by atoms with Crippen LogP contribution in [0.3, 0.4) is 0 Å². The number of pyridine rings is 1. The van der Waals surface area contributed by atoms with Gasteiger partial charge in [-0.25, -0.2) is 4.98 Å². The first-order valence-corrected chi connectivity index (χ1v) is 9.52. The van der Waals surface area contributed by atoms with Gasteiger partial charge in [0.25, 0.3) is 5.91 Å². The van der Waals surface area contributed by atoms with E-state index in [-0.39, 0.29) is 17.4 Å². The van der Waals surface area contributed by atoms with Crippen LogP contribution in [-0.2, 0) is 5.41 Å². The highest BCUT2D eigenvalue weighted by Gasteiger charge is 2.14. The molecule has 3 aromatic rings. The van der Waals surface area contributed by atoms with Gasteiger partial charge in [0.1, 0.15) is 5.82 Å². The molecule has 0 spiro atoms. The number of nitrogens with zero attached hydrogens (tertiary/aromatic N) is 1. The molecule has 1 unspecified atom stereocenters. The molecule has 1 atom stereocenters. The quantitative estimate of drug-likeness (QED) is 0.594. The normalized spacial score (nSPS) is 12.3. The zero-order valence-electron chi connectivity index (χ0n) is 16.9. The van der Waals surface area contributed by atoms with Crippen LogP contribution >= 0.6 is 0 Å². The highest BCUT2D eigenvalue weighted by atomic mass is 16.1. The summed E-state index contributed by atoms with van der Waals surface area (Å²) in [5.74, 6) is 0.629. The highest BCUT2D eigenvalue weighted by molar-refractivity contribution is 6.04. The summed E-state index contributed by atoms with van der Waals surface area (Å²) in [4.78, 5) is 16.9. The Morgan fingerprint density at radius 1 is 0.929 bits per heavy atom. The van der Waals surface area contributed by atoms with Crippen molar-refractivity contribution in [3.05, 3.63) is 89.6 Å². The Bertz CT molecular complexity index is 911. The minimum absolute atomic E-state index is 0.0681. The fourth-order valence-electron chi connectivity index (χ4n) is 2.92. The number of benzene rings is 2. The van der Waals surface area contributed by atoms with Crippen molar-refractivity contribution >= 4 is 17.4 Å². The molecule has 0 saturated heterocycles. The molecule has 4 nitrogen and oxygen atoms in total. The van der Waals surface area contributed by atoms with E-state index >= 15 is 0 Å². The van der Waals surface area contributed by atoms with Gasteiger partial charge in [0.05, 0.1) is 11.9 Å². The predicted octanol–water partition coefficient (Wildman–Crippen LogP) is 5.80. The predicted molar refractivity (Wildman–Crippen MR) is 116 cm³/mol. The Labute approximate surface area is 167 Å². The van der Waals surface area contributed by atoms with Crippen LogP contribution in [0.2, 0.25) is 0 Å². The number of hydrogen-bond donors (Lipinski definition) is 2. The van der Waals surface area contributed by atoms with Crippen molar-refractivity contribution in [2.24, 2.45) is 0 Å². The molecular formula is C24H27N3O. The summed E-state index contributed by atoms with van der Waals surface area (Å²) < 4.78 is 0. The van der Waals surface area contributed by atoms with Crippen molar-refractivity contribution in [2.75, 3.05) is 10.6 Å². The van der Waals surface area contributed by atoms with Crippen molar-refractivity contribution in [3.8, 4) is 0 Å². The molecule has 144 valence electrons. The van der Waals surface area contributed by atoms with Crippen LogP contribution in [-0.4, -0.2) is 10.9 Å². The van der Waals surface area contributed by atoms with Crippen LogP contribution in [0.1, 0.15) is 55.2 Å². The molecule has 0 aliphatic rings. The van der Waals surface area contributed by atoms with Gasteiger partial charge in [-0.3, -0.25) is 4.79 Å². The number of aromatic nitrogens is 1. The minimum Gasteiger partial charge on any atom is -0.364 e. The lowest BCUT2D eigenvalue weighted by Gasteiger charge is -2.19. The van der Waals surface area contributed by atoms with Crippen molar-refractivity contribution in [3.63, 3.8) is 0 Å². The number of amides is 1. The molecule has 0 saturated carbocycles. The molecule has 1 amide bonds. The largest absolute Gasteiger partial charge is 0.364 e. The molecule has 28 heavy (non-hydrogen) atoms. The molecule has 0 fully saturated rings. The van der Waals surface area contributed by atoms with E-state index in [9.17, 15) is 4.79 Å². The maximum atomic E-state index is 12.5. The topological polar surface area (TPSA) is 54.0 Å². The molecular weight excluding hydrogens is 346 g/mol. The molecule has 2 N–H and O–H groups in total. The first-order valence-electron chi connectivity index (χ1n) is 9.52. The van der Waals surface area contributed by atoms with E-state index in [1.165, 1.54) is 11.1 Å². The third-order valence-corrected chi connectivity index (χ3v) is 4.70. The Balaban J connectivity index is 1.61. The molecule has 4 heteroatoms. The molecule has 0 aliphatic heterocycles. The first kappa shape index (κ1) is 19.6. The first-order chi connectivity index (χ1) is 13.3. The molecule has 3 rings (SSSR count). The average Bonchev–Trinajstić information content (AvgIpc) is 2.69. The van der Waals surface area contributed by atoms with Crippen LogP contribution < -0.4 is 10.6 Å². The summed E-state index contributed by atoms with van der Waals surface area (Å²) in [7, 11) is 0. The van der Waals surface area contributed by atoms with Gasteiger partial charge in [0.2, 0.25) is 0 Å². The van der Waals surface area contributed by atoms with E-state index in [0.717, 1.165) is 5.82 Å². The van der Waals surface area contributed by atoms with E-state index in [1.807, 2.05) is 54.6 Å². The van der Waals surface area contributed by atoms with E-state index in [2.05, 4.69) is 55.4 Å². The monoisotopic (exact) mass is 373 g/mol. The van der Waals surface area contributed by atoms with Gasteiger partial charge in [0.15, 0.2) is 0 Å². The second-order valence-corrected chi connectivity index (χ2v) is 7.99. The Morgan fingerprint density at radius 2 is 1.61 bits per heavy atom. The number of anilines is 2. The van der Waals surface area contributed by atoms with Crippen LogP contribution in [0.15, 0.2) is 72.9 Å². The lowest BCUT2D eigenvalue weighted by Crippen LogP contribution is -2.14. The summed E-state index contributed by atoms with van der Waals surface area (Å²) in [5, 5.41) is 6.27. The lowest BCUT2D eigenvalue weighted by molar-refractivity contribution is 0.102. The lowest BCUT2D eigenvalue weighted by atomic mass is 9.87. The molecule has 1 aromatic heterocycles. The summed E-state index contributed by atoms with van der Waals surface area (Å²) in [6.07, 6.45) is 1.67. The van der Waals surface area contributed by atoms with Crippen molar-refractivity contribution in [2.45, 2.75) is 39.2 Å². The average molecular weight is 374 g/mol. The van der Waals surface area contributed by atoms with E-state index in [1.54, 1.807) is 6.20 Å². The zero-order valence-corrected chi connectivity index (χ0v) is 16.9. The SMILES string of the molecule is CC(Nc1ccc(NC(=O)c2ccc(C(C)(C)C)cc2)cn1)c1ccccc1. The fraction of sp³-hybridized carbons (Fsp3) is 0.250. The highest BCUT2D eigenvalue weighted by Crippen LogP contribution is 2.23. The van der Waals surface area contributed by atoms with Crippen molar-refractivity contribution in [1.29, 1.82) is 0 Å². The number of carbonyl (C=O) groups excluding carboxylic acids is 1. The Morgan fingerprint density at radius 3 is 2.18 bits per heavy atom. The van der Waals surface area contributed by atoms with E-state index < -0.39 is 0 Å². The van der Waals surface area contributed by atoms with Crippen LogP contribution in [0.25, 0.3) is 0 Å². The summed E-state index contributed by atoms with van der Waals surface area (Å²) in [6, 6.07) is 21.8. The molecule has 0 radical (unpaired) electrons. The molecule has 0 aliphatic carbocycles. The van der Waals surface area contributed by atoms with Gasteiger partial charge in [-0.1, -0.05) is 63.2 Å². The van der Waals surface area contributed by atoms with Gasteiger partial charge in [-0.15, -0.1) is 0 Å². The molecule has 1 heterocycles. The van der Waals surface area contributed by atoms with Crippen LogP contribution in [0, 0.1) is 0 Å². The maximum Gasteiger partial charge on any atom is 0.255 e. The van der Waals surface area contributed by atoms with Gasteiger partial charge in [-0.05, 0) is 47.7 Å². The van der Waals surface area contributed by atoms with E-state index in [4.69, 9.17) is 0 Å². The van der Waals surface area contributed by atoms with Crippen molar-refractivity contribution in [1.82, 2.24) is 4.98 Å². The van der Waals surface area contributed by atoms with Crippen LogP contribution in [0.4, 0.5) is 11.5 Å². The number of carbonyl (C=O) groups is 1. The summed E-state index contributed by atoms with van der Waals surface area (Å²) in [6.45, 7) is 8.56. The second kappa shape index (κ2) is 8.26. The smallest absolute Gasteiger partial charge is 0.255 e. The van der Waals surface area contributed by atoms with E-state index in [0.29, 0.717) is 11.3 Å². The molecule has 2 aromatic carbocycles. The number of rotatable bonds is 5. The third-order valence-electron chi connectivity index (χ3n) is 4.70. The number of nitrogens with one attached hydrogen (secondary N) is 2. The van der Waals surface area contributed by atoms with Crippen LogP contribution in [0.5, 0.6) is 0 Å². The standard InChI is InChI=1S/C24H27N3O/c1-17(18-8-6-5-7-9-18)26-22-15-14-21(16-25-22)27-23(28)19-10-12-20(13-11-19)24(2,3)4/h5-17H,1-4H3,(H,25,26)(H,27,28). The Kier molecular flexibility index (Phi) is 5.78. The van der Waals surface area contributed by atoms with Gasteiger partial charge < -0.3 is 10.6 Å². The minimum atomic E-state index is -0.138. The van der Waals surface area contributed by atoms with Gasteiger partial charge >= 0.3 is 0 Å². The van der Waals surface area contributed by atoms with Gasteiger partial charge in [-0.2, -0.15) is 0 Å². The third kappa shape index (κ3) is 4.97. The summed E-state index contributed by atoms with van der Waals surface area (Å²) >= 11 is 0. The fourth-order valence-corrected chi connectivity index (χ4v) is 2.92. The summed E-state index contributed by atoms with van der Waals surface area (Å²) in [5.41, 5.74) is 3.77. The Hall–Kier alpha value is -3.14. The molecule has 0 bridgehead atoms. The zero-order chi connectivity index (χ0) is 20.1. The maximum absolute atomic E-state index is 12.5. The number of hydrogen-bond acceptors (Lipinski definition) is 3. The second-order valence-electron chi connectivity index (χ2n) is 7.99.